The van der Waals surface area contributed by atoms with Crippen molar-refractivity contribution in [3.8, 4) is 11.6 Å². The number of rotatable bonds is 3. The van der Waals surface area contributed by atoms with Crippen molar-refractivity contribution in [3.05, 3.63) is 86.9 Å². The number of carbonyl (C=O) groups is 1. The molecule has 3 heterocycles. The number of alkyl halides is 6. The van der Waals surface area contributed by atoms with Gasteiger partial charge in [0.05, 0.1) is 33.5 Å². The molecule has 3 aromatic heterocycles. The fraction of sp³-hybridized carbons (Fsp3) is 0.154. The summed E-state index contributed by atoms with van der Waals surface area (Å²) in [6.07, 6.45) is -8.04. The highest BCUT2D eigenvalue weighted by Crippen LogP contribution is 2.34. The van der Waals surface area contributed by atoms with Crippen molar-refractivity contribution in [1.82, 2.24) is 9.55 Å². The highest BCUT2D eigenvalue weighted by Gasteiger charge is 2.31. The number of aryl methyl sites for hydroxylation is 1. The number of nitrogens with zero attached hydrogens (tertiary/aromatic N) is 2. The summed E-state index contributed by atoms with van der Waals surface area (Å²) >= 11 is 6.23. The number of nitrogen functional groups attached to an aromatic ring is 1. The van der Waals surface area contributed by atoms with Gasteiger partial charge in [-0.2, -0.15) is 26.3 Å². The minimum atomic E-state index is -4.38. The third-order valence-electron chi connectivity index (χ3n) is 5.36. The molecule has 15 heteroatoms. The second-order valence-corrected chi connectivity index (χ2v) is 9.67. The predicted molar refractivity (Wildman–Crippen MR) is 148 cm³/mol. The molecule has 0 radical (unpaired) electrons. The molecular formula is C26H20Br2F6N4O3. The molecule has 0 saturated carbocycles. The molecule has 0 aliphatic rings. The van der Waals surface area contributed by atoms with Gasteiger partial charge in [-0.1, -0.05) is 0 Å². The number of nitrogens with one attached hydrogen (secondary N) is 1. The molecule has 0 saturated heterocycles. The zero-order chi connectivity index (χ0) is 30.5. The van der Waals surface area contributed by atoms with Gasteiger partial charge in [0, 0.05) is 14.1 Å². The fourth-order valence-corrected chi connectivity index (χ4v) is 4.00. The van der Waals surface area contributed by atoms with E-state index in [2.05, 4.69) is 42.2 Å². The van der Waals surface area contributed by atoms with Crippen LogP contribution in [0, 0.1) is 0 Å². The van der Waals surface area contributed by atoms with Crippen LogP contribution >= 0.6 is 31.9 Å². The van der Waals surface area contributed by atoms with Gasteiger partial charge < -0.3 is 24.5 Å². The van der Waals surface area contributed by atoms with Crippen molar-refractivity contribution < 1.29 is 40.0 Å². The SMILES string of the molecule is CNc1cc(C(F)(F)F)ccc1N.Cn1c(-c2ccc(Br)o2)nc2cc(C(F)(F)F)ccc21.O=Cc1ccc(Br)o1. The molecule has 218 valence electrons. The van der Waals surface area contributed by atoms with Crippen LogP contribution in [0.25, 0.3) is 22.6 Å². The normalized spacial score (nSPS) is 11.4. The van der Waals surface area contributed by atoms with Gasteiger partial charge in [0.2, 0.25) is 0 Å². The molecule has 0 fully saturated rings. The van der Waals surface area contributed by atoms with Crippen LogP contribution < -0.4 is 11.1 Å². The largest absolute Gasteiger partial charge is 0.447 e. The Morgan fingerprint density at radius 3 is 1.95 bits per heavy atom. The summed E-state index contributed by atoms with van der Waals surface area (Å²) in [5.74, 6) is 1.31. The molecule has 0 unspecified atom stereocenters. The van der Waals surface area contributed by atoms with Crippen molar-refractivity contribution in [1.29, 1.82) is 0 Å². The third-order valence-corrected chi connectivity index (χ3v) is 6.21. The van der Waals surface area contributed by atoms with Crippen LogP contribution in [0.15, 0.2) is 78.8 Å². The van der Waals surface area contributed by atoms with E-state index in [1.54, 1.807) is 35.9 Å². The number of halogens is 8. The van der Waals surface area contributed by atoms with Gasteiger partial charge in [-0.3, -0.25) is 4.79 Å². The maximum absolute atomic E-state index is 12.7. The van der Waals surface area contributed by atoms with E-state index < -0.39 is 23.5 Å². The maximum Gasteiger partial charge on any atom is 0.416 e. The van der Waals surface area contributed by atoms with Gasteiger partial charge in [-0.15, -0.1) is 0 Å². The van der Waals surface area contributed by atoms with Gasteiger partial charge in [0.25, 0.3) is 0 Å². The monoisotopic (exact) mass is 708 g/mol. The van der Waals surface area contributed by atoms with Gasteiger partial charge in [0.15, 0.2) is 33.0 Å². The molecule has 2 aromatic carbocycles. The Hall–Kier alpha value is -3.72. The number of anilines is 2. The Balaban J connectivity index is 0.000000189. The lowest BCUT2D eigenvalue weighted by atomic mass is 10.1. The molecule has 5 aromatic rings. The van der Waals surface area contributed by atoms with E-state index in [4.69, 9.17) is 14.6 Å². The van der Waals surface area contributed by atoms with E-state index in [1.165, 1.54) is 19.2 Å². The van der Waals surface area contributed by atoms with Crippen LogP contribution in [0.4, 0.5) is 37.7 Å². The Labute approximate surface area is 245 Å². The van der Waals surface area contributed by atoms with Crippen LogP contribution in [0.5, 0.6) is 0 Å². The van der Waals surface area contributed by atoms with E-state index in [0.717, 1.165) is 24.3 Å². The standard InChI is InChI=1S/C13H8BrF3N2O.C8H9F3N2.C5H3BrO2/c1-19-9-3-2-7(13(15,16)17)6-8(9)18-12(19)10-4-5-11(14)20-10;1-13-7-4-5(8(9,10)11)2-3-6(7)12;6-5-2-1-4(3-7)8-5/h2-6H,1H3;2-4,13H,12H2,1H3;1-3H. The van der Waals surface area contributed by atoms with Gasteiger partial charge in [0.1, 0.15) is 0 Å². The average molecular weight is 710 g/mol. The van der Waals surface area contributed by atoms with E-state index in [9.17, 15) is 31.1 Å². The minimum absolute atomic E-state index is 0.282. The first-order valence-corrected chi connectivity index (χ1v) is 12.9. The van der Waals surface area contributed by atoms with Gasteiger partial charge in [-0.05, 0) is 92.5 Å². The van der Waals surface area contributed by atoms with Crippen molar-refractivity contribution >= 4 is 60.6 Å². The first kappa shape index (κ1) is 31.8. The number of benzene rings is 2. The number of carbonyl (C=O) groups excluding carboxylic acids is 1. The number of furan rings is 2. The zero-order valence-corrected chi connectivity index (χ0v) is 24.2. The Morgan fingerprint density at radius 2 is 1.46 bits per heavy atom. The first-order chi connectivity index (χ1) is 19.1. The molecule has 0 atom stereocenters. The van der Waals surface area contributed by atoms with E-state index in [-0.39, 0.29) is 11.2 Å². The molecule has 0 aliphatic carbocycles. The highest BCUT2D eigenvalue weighted by atomic mass is 79.9. The van der Waals surface area contributed by atoms with Crippen LogP contribution in [0.2, 0.25) is 0 Å². The van der Waals surface area contributed by atoms with E-state index >= 15 is 0 Å². The summed E-state index contributed by atoms with van der Waals surface area (Å²) in [5.41, 5.74) is 5.48. The maximum atomic E-state index is 12.7. The lowest BCUT2D eigenvalue weighted by molar-refractivity contribution is -0.138. The second-order valence-electron chi connectivity index (χ2n) is 8.11. The molecule has 0 amide bonds. The van der Waals surface area contributed by atoms with Crippen molar-refractivity contribution in [2.45, 2.75) is 12.4 Å². The third kappa shape index (κ3) is 8.16. The summed E-state index contributed by atoms with van der Waals surface area (Å²) in [5, 5.41) is 2.58. The Morgan fingerprint density at radius 1 is 0.878 bits per heavy atom. The Bertz CT molecular complexity index is 1640. The number of aromatic nitrogens is 2. The number of hydrogen-bond donors (Lipinski definition) is 2. The predicted octanol–water partition coefficient (Wildman–Crippen LogP) is 8.80. The lowest BCUT2D eigenvalue weighted by Crippen LogP contribution is -2.06. The fourth-order valence-electron chi connectivity index (χ4n) is 3.37. The molecule has 0 spiro atoms. The molecular weight excluding hydrogens is 690 g/mol. The van der Waals surface area contributed by atoms with Crippen LogP contribution in [-0.4, -0.2) is 22.9 Å². The van der Waals surface area contributed by atoms with E-state index in [0.29, 0.717) is 44.2 Å². The quantitative estimate of drug-likeness (QED) is 0.110. The molecule has 5 rings (SSSR count). The topological polar surface area (TPSA) is 99.2 Å². The zero-order valence-electron chi connectivity index (χ0n) is 21.1. The summed E-state index contributed by atoms with van der Waals surface area (Å²) in [6, 6.07) is 13.3. The van der Waals surface area contributed by atoms with Gasteiger partial charge >= 0.3 is 12.4 Å². The highest BCUT2D eigenvalue weighted by molar-refractivity contribution is 9.10. The number of nitrogens with two attached hydrogens (primary N) is 1. The van der Waals surface area contributed by atoms with Gasteiger partial charge in [-0.25, -0.2) is 4.98 Å². The van der Waals surface area contributed by atoms with Crippen LogP contribution in [-0.2, 0) is 19.4 Å². The second kappa shape index (κ2) is 12.9. The molecule has 0 bridgehead atoms. The number of imidazole rings is 1. The van der Waals surface area contributed by atoms with E-state index in [1.807, 2.05) is 0 Å². The summed E-state index contributed by atoms with van der Waals surface area (Å²) in [6.45, 7) is 0. The summed E-state index contributed by atoms with van der Waals surface area (Å²) in [4.78, 5) is 14.1. The van der Waals surface area contributed by atoms with Crippen LogP contribution in [0.3, 0.4) is 0 Å². The Kier molecular flexibility index (Phi) is 9.97. The summed E-state index contributed by atoms with van der Waals surface area (Å²) < 4.78 is 87.6. The molecule has 7 nitrogen and oxygen atoms in total. The lowest BCUT2D eigenvalue weighted by Gasteiger charge is -2.10. The van der Waals surface area contributed by atoms with Crippen molar-refractivity contribution in [2.75, 3.05) is 18.1 Å². The smallest absolute Gasteiger partial charge is 0.416 e. The number of aldehydes is 1. The molecule has 41 heavy (non-hydrogen) atoms. The summed E-state index contributed by atoms with van der Waals surface area (Å²) in [7, 11) is 3.25. The number of hydrogen-bond acceptors (Lipinski definition) is 6. The number of fused-ring (bicyclic) bond motifs is 1. The van der Waals surface area contributed by atoms with Crippen molar-refractivity contribution in [3.63, 3.8) is 0 Å². The average Bonchev–Trinajstić information content (AvgIpc) is 3.62. The minimum Gasteiger partial charge on any atom is -0.447 e. The van der Waals surface area contributed by atoms with Crippen molar-refractivity contribution in [2.24, 2.45) is 7.05 Å². The first-order valence-electron chi connectivity index (χ1n) is 11.3. The van der Waals surface area contributed by atoms with Crippen LogP contribution in [0.1, 0.15) is 21.7 Å². The molecule has 3 N–H and O–H groups in total. The molecule has 0 aliphatic heterocycles.